The lowest BCUT2D eigenvalue weighted by molar-refractivity contribution is 0.0929. The van der Waals surface area contributed by atoms with Crippen molar-refractivity contribution < 1.29 is 14.3 Å². The lowest BCUT2D eigenvalue weighted by atomic mass is 10.0. The molecule has 4 heteroatoms. The Morgan fingerprint density at radius 3 is 2.95 bits per heavy atom. The lowest BCUT2D eigenvalue weighted by Crippen LogP contribution is -2.36. The monoisotopic (exact) mass is 289 g/mol. The molecule has 3 nitrogen and oxygen atoms in total. The van der Waals surface area contributed by atoms with Gasteiger partial charge in [-0.3, -0.25) is 4.79 Å². The van der Waals surface area contributed by atoms with Gasteiger partial charge in [0, 0.05) is 18.0 Å². The third kappa shape index (κ3) is 4.05. The quantitative estimate of drug-likeness (QED) is 0.840. The van der Waals surface area contributed by atoms with Crippen molar-refractivity contribution in [2.24, 2.45) is 5.92 Å². The van der Waals surface area contributed by atoms with Crippen LogP contribution in [0.25, 0.3) is 0 Å². The first-order valence-electron chi connectivity index (χ1n) is 7.32. The van der Waals surface area contributed by atoms with Crippen LogP contribution >= 0.6 is 0 Å². The SMILES string of the molecule is CC1CCCC1NC(=O)c1cc(F)ccc1C#CCCO. The van der Waals surface area contributed by atoms with Crippen LogP contribution in [0.1, 0.15) is 48.5 Å². The van der Waals surface area contributed by atoms with E-state index in [4.69, 9.17) is 5.11 Å². The molecule has 2 atom stereocenters. The highest BCUT2D eigenvalue weighted by molar-refractivity contribution is 5.97. The minimum absolute atomic E-state index is 0.0324. The van der Waals surface area contributed by atoms with E-state index in [9.17, 15) is 9.18 Å². The minimum atomic E-state index is -0.452. The largest absolute Gasteiger partial charge is 0.395 e. The highest BCUT2D eigenvalue weighted by Crippen LogP contribution is 2.25. The van der Waals surface area contributed by atoms with Crippen molar-refractivity contribution in [3.05, 3.63) is 35.1 Å². The van der Waals surface area contributed by atoms with Crippen LogP contribution in [0.4, 0.5) is 4.39 Å². The molecule has 1 aliphatic carbocycles. The first-order chi connectivity index (χ1) is 10.1. The van der Waals surface area contributed by atoms with Gasteiger partial charge in [0.15, 0.2) is 0 Å². The molecule has 0 heterocycles. The van der Waals surface area contributed by atoms with Gasteiger partial charge in [-0.2, -0.15) is 0 Å². The summed E-state index contributed by atoms with van der Waals surface area (Å²) in [5, 5.41) is 11.7. The molecule has 0 spiro atoms. The molecule has 0 aromatic heterocycles. The van der Waals surface area contributed by atoms with Crippen LogP contribution in [0.5, 0.6) is 0 Å². The normalized spacial score (nSPS) is 20.7. The maximum atomic E-state index is 13.4. The van der Waals surface area contributed by atoms with Crippen molar-refractivity contribution in [3.63, 3.8) is 0 Å². The summed E-state index contributed by atoms with van der Waals surface area (Å²) in [6, 6.07) is 4.17. The Bertz CT molecular complexity index is 574. The van der Waals surface area contributed by atoms with Crippen LogP contribution in [0.15, 0.2) is 18.2 Å². The van der Waals surface area contributed by atoms with E-state index in [0.717, 1.165) is 19.3 Å². The molecule has 1 amide bonds. The minimum Gasteiger partial charge on any atom is -0.395 e. The van der Waals surface area contributed by atoms with E-state index >= 15 is 0 Å². The fraction of sp³-hybridized carbons (Fsp3) is 0.471. The predicted octanol–water partition coefficient (Wildman–Crippen LogP) is 2.48. The number of aliphatic hydroxyl groups excluding tert-OH is 1. The van der Waals surface area contributed by atoms with Gasteiger partial charge in [0.1, 0.15) is 5.82 Å². The average Bonchev–Trinajstić information content (AvgIpc) is 2.86. The second kappa shape index (κ2) is 7.24. The number of benzene rings is 1. The fourth-order valence-corrected chi connectivity index (χ4v) is 2.63. The summed E-state index contributed by atoms with van der Waals surface area (Å²) < 4.78 is 13.4. The number of carbonyl (C=O) groups is 1. The Hall–Kier alpha value is -1.86. The first-order valence-corrected chi connectivity index (χ1v) is 7.32. The van der Waals surface area contributed by atoms with Gasteiger partial charge in [0.2, 0.25) is 0 Å². The molecule has 1 saturated carbocycles. The molecule has 2 unspecified atom stereocenters. The van der Waals surface area contributed by atoms with Crippen LogP contribution in [-0.4, -0.2) is 23.7 Å². The lowest BCUT2D eigenvalue weighted by Gasteiger charge is -2.17. The van der Waals surface area contributed by atoms with E-state index in [1.165, 1.54) is 18.2 Å². The number of amides is 1. The highest BCUT2D eigenvalue weighted by Gasteiger charge is 2.25. The zero-order valence-corrected chi connectivity index (χ0v) is 12.2. The van der Waals surface area contributed by atoms with Gasteiger partial charge in [-0.1, -0.05) is 25.2 Å². The van der Waals surface area contributed by atoms with Gasteiger partial charge in [-0.15, -0.1) is 0 Å². The van der Waals surface area contributed by atoms with Crippen molar-refractivity contribution in [2.75, 3.05) is 6.61 Å². The Kier molecular flexibility index (Phi) is 5.35. The molecule has 1 aromatic carbocycles. The average molecular weight is 289 g/mol. The summed E-state index contributed by atoms with van der Waals surface area (Å²) in [5.74, 6) is 5.31. The number of aliphatic hydroxyl groups is 1. The molecule has 1 aliphatic rings. The third-order valence-corrected chi connectivity index (χ3v) is 3.86. The number of nitrogens with one attached hydrogen (secondary N) is 1. The smallest absolute Gasteiger partial charge is 0.252 e. The molecule has 0 radical (unpaired) electrons. The van der Waals surface area contributed by atoms with E-state index in [1.54, 1.807) is 0 Å². The van der Waals surface area contributed by atoms with Gasteiger partial charge in [-0.05, 0) is 37.0 Å². The summed E-state index contributed by atoms with van der Waals surface area (Å²) in [7, 11) is 0. The zero-order chi connectivity index (χ0) is 15.2. The molecule has 112 valence electrons. The number of halogens is 1. The summed E-state index contributed by atoms with van der Waals surface area (Å²) >= 11 is 0. The summed E-state index contributed by atoms with van der Waals surface area (Å²) in [5.41, 5.74) is 0.757. The van der Waals surface area contributed by atoms with Crippen LogP contribution in [0.2, 0.25) is 0 Å². The number of carbonyl (C=O) groups excluding carboxylic acids is 1. The standard InChI is InChI=1S/C17H20FNO2/c1-12-5-4-7-16(12)19-17(21)15-11-14(18)9-8-13(15)6-2-3-10-20/h8-9,11-12,16,20H,3-5,7,10H2,1H3,(H,19,21). The molecule has 1 fully saturated rings. The fourth-order valence-electron chi connectivity index (χ4n) is 2.63. The predicted molar refractivity (Wildman–Crippen MR) is 79.3 cm³/mol. The summed E-state index contributed by atoms with van der Waals surface area (Å²) in [6.45, 7) is 2.08. The second-order valence-electron chi connectivity index (χ2n) is 5.45. The van der Waals surface area contributed by atoms with Crippen molar-refractivity contribution in [1.82, 2.24) is 5.32 Å². The third-order valence-electron chi connectivity index (χ3n) is 3.86. The maximum absolute atomic E-state index is 13.4. The Balaban J connectivity index is 2.19. The molecule has 0 aliphatic heterocycles. The van der Waals surface area contributed by atoms with E-state index in [-0.39, 0.29) is 24.1 Å². The van der Waals surface area contributed by atoms with Gasteiger partial charge in [0.05, 0.1) is 12.2 Å². The maximum Gasteiger partial charge on any atom is 0.252 e. The van der Waals surface area contributed by atoms with Crippen LogP contribution in [-0.2, 0) is 0 Å². The van der Waals surface area contributed by atoms with Crippen molar-refractivity contribution in [1.29, 1.82) is 0 Å². The van der Waals surface area contributed by atoms with Crippen LogP contribution < -0.4 is 5.32 Å². The van der Waals surface area contributed by atoms with Gasteiger partial charge < -0.3 is 10.4 Å². The Morgan fingerprint density at radius 1 is 1.48 bits per heavy atom. The van der Waals surface area contributed by atoms with Gasteiger partial charge in [0.25, 0.3) is 5.91 Å². The molecular weight excluding hydrogens is 269 g/mol. The van der Waals surface area contributed by atoms with Crippen molar-refractivity contribution in [3.8, 4) is 11.8 Å². The van der Waals surface area contributed by atoms with E-state index < -0.39 is 5.82 Å². The molecule has 1 aromatic rings. The van der Waals surface area contributed by atoms with Crippen molar-refractivity contribution in [2.45, 2.75) is 38.6 Å². The van der Waals surface area contributed by atoms with E-state index in [1.807, 2.05) is 0 Å². The molecule has 0 saturated heterocycles. The first kappa shape index (κ1) is 15.5. The summed E-state index contributed by atoms with van der Waals surface area (Å²) in [6.07, 6.45) is 3.52. The number of rotatable bonds is 3. The van der Waals surface area contributed by atoms with Crippen molar-refractivity contribution >= 4 is 5.91 Å². The Labute approximate surface area is 124 Å². The molecular formula is C17H20FNO2. The number of hydrogen-bond acceptors (Lipinski definition) is 2. The zero-order valence-electron chi connectivity index (χ0n) is 12.2. The van der Waals surface area contributed by atoms with E-state index in [2.05, 4.69) is 24.1 Å². The topological polar surface area (TPSA) is 49.3 Å². The molecule has 2 N–H and O–H groups in total. The highest BCUT2D eigenvalue weighted by atomic mass is 19.1. The molecule has 0 bridgehead atoms. The summed E-state index contributed by atoms with van der Waals surface area (Å²) in [4.78, 5) is 12.4. The van der Waals surface area contributed by atoms with Gasteiger partial charge >= 0.3 is 0 Å². The molecule has 2 rings (SSSR count). The molecule has 21 heavy (non-hydrogen) atoms. The Morgan fingerprint density at radius 2 is 2.29 bits per heavy atom. The van der Waals surface area contributed by atoms with E-state index in [0.29, 0.717) is 17.9 Å². The van der Waals surface area contributed by atoms with Crippen LogP contribution in [0.3, 0.4) is 0 Å². The van der Waals surface area contributed by atoms with Gasteiger partial charge in [-0.25, -0.2) is 4.39 Å². The van der Waals surface area contributed by atoms with Crippen LogP contribution in [0, 0.1) is 23.6 Å². The second-order valence-corrected chi connectivity index (χ2v) is 5.45. The number of hydrogen-bond donors (Lipinski definition) is 2.